The third-order valence-corrected chi connectivity index (χ3v) is 3.34. The molecule has 0 radical (unpaired) electrons. The number of carboxylic acids is 1. The van der Waals surface area contributed by atoms with Crippen LogP contribution in [0.1, 0.15) is 29.0 Å². The summed E-state index contributed by atoms with van der Waals surface area (Å²) >= 11 is 0. The van der Waals surface area contributed by atoms with Crippen molar-refractivity contribution >= 4 is 5.97 Å². The maximum absolute atomic E-state index is 11.4. The van der Waals surface area contributed by atoms with Crippen molar-refractivity contribution < 1.29 is 9.90 Å². The molecule has 2 heteroatoms. The molecule has 0 spiro atoms. The molecule has 0 saturated heterocycles. The zero-order valence-corrected chi connectivity index (χ0v) is 11.0. The molecule has 0 amide bonds. The van der Waals surface area contributed by atoms with E-state index in [9.17, 15) is 9.90 Å². The van der Waals surface area contributed by atoms with Crippen molar-refractivity contribution in [3.05, 3.63) is 71.3 Å². The molecular weight excluding hydrogens is 236 g/mol. The van der Waals surface area contributed by atoms with E-state index in [-0.39, 0.29) is 0 Å². The maximum Gasteiger partial charge on any atom is 0.310 e. The molecule has 0 aromatic heterocycles. The van der Waals surface area contributed by atoms with Crippen LogP contribution in [0.15, 0.2) is 54.6 Å². The molecule has 98 valence electrons. The summed E-state index contributed by atoms with van der Waals surface area (Å²) in [7, 11) is 0. The van der Waals surface area contributed by atoms with Gasteiger partial charge in [-0.2, -0.15) is 0 Å². The fourth-order valence-corrected chi connectivity index (χ4v) is 2.18. The number of benzene rings is 2. The zero-order chi connectivity index (χ0) is 13.7. The maximum atomic E-state index is 11.4. The summed E-state index contributed by atoms with van der Waals surface area (Å²) in [6.45, 7) is 2.05. The summed E-state index contributed by atoms with van der Waals surface area (Å²) < 4.78 is 0. The van der Waals surface area contributed by atoms with Gasteiger partial charge in [0.1, 0.15) is 0 Å². The van der Waals surface area contributed by atoms with Gasteiger partial charge >= 0.3 is 5.97 Å². The van der Waals surface area contributed by atoms with Crippen LogP contribution in [0.2, 0.25) is 0 Å². The van der Waals surface area contributed by atoms with E-state index in [1.165, 1.54) is 11.1 Å². The Morgan fingerprint density at radius 3 is 2.26 bits per heavy atom. The van der Waals surface area contributed by atoms with Crippen LogP contribution in [0, 0.1) is 6.92 Å². The zero-order valence-electron chi connectivity index (χ0n) is 11.0. The second-order valence-corrected chi connectivity index (χ2v) is 4.83. The van der Waals surface area contributed by atoms with E-state index in [2.05, 4.69) is 24.3 Å². The average Bonchev–Trinajstić information content (AvgIpc) is 2.42. The smallest absolute Gasteiger partial charge is 0.310 e. The second kappa shape index (κ2) is 6.19. The molecule has 2 rings (SSSR count). The lowest BCUT2D eigenvalue weighted by atomic mass is 9.92. The van der Waals surface area contributed by atoms with Gasteiger partial charge in [-0.1, -0.05) is 60.2 Å². The molecule has 0 aliphatic carbocycles. The van der Waals surface area contributed by atoms with Gasteiger partial charge in [0.25, 0.3) is 0 Å². The van der Waals surface area contributed by atoms with Crippen molar-refractivity contribution in [2.75, 3.05) is 0 Å². The molecule has 2 aromatic carbocycles. The average molecular weight is 254 g/mol. The Kier molecular flexibility index (Phi) is 4.35. The van der Waals surface area contributed by atoms with Crippen LogP contribution >= 0.6 is 0 Å². The predicted molar refractivity (Wildman–Crippen MR) is 76.3 cm³/mol. The molecule has 0 heterocycles. The van der Waals surface area contributed by atoms with Crippen molar-refractivity contribution in [2.45, 2.75) is 25.7 Å². The Balaban J connectivity index is 2.06. The highest BCUT2D eigenvalue weighted by molar-refractivity contribution is 5.76. The minimum absolute atomic E-state index is 0.428. The van der Waals surface area contributed by atoms with Gasteiger partial charge in [-0.15, -0.1) is 0 Å². The summed E-state index contributed by atoms with van der Waals surface area (Å²) in [4.78, 5) is 11.4. The molecular formula is C17H18O2. The number of carboxylic acid groups (broad SMARTS) is 1. The first-order chi connectivity index (χ1) is 9.16. The largest absolute Gasteiger partial charge is 0.481 e. The quantitative estimate of drug-likeness (QED) is 0.881. The molecule has 0 aliphatic heterocycles. The Morgan fingerprint density at radius 2 is 1.68 bits per heavy atom. The van der Waals surface area contributed by atoms with Crippen LogP contribution in [0.3, 0.4) is 0 Å². The van der Waals surface area contributed by atoms with Gasteiger partial charge in [0, 0.05) is 0 Å². The molecule has 2 aromatic rings. The highest BCUT2D eigenvalue weighted by atomic mass is 16.4. The van der Waals surface area contributed by atoms with E-state index >= 15 is 0 Å². The van der Waals surface area contributed by atoms with E-state index in [1.807, 2.05) is 37.3 Å². The normalized spacial score (nSPS) is 12.1. The Bertz CT molecular complexity index is 529. The highest BCUT2D eigenvalue weighted by Gasteiger charge is 2.19. The number of carbonyl (C=O) groups is 1. The SMILES string of the molecule is Cc1ccc(CCC(C(=O)O)c2ccccc2)cc1. The molecule has 2 nitrogen and oxygen atoms in total. The van der Waals surface area contributed by atoms with Gasteiger partial charge in [-0.05, 0) is 30.9 Å². The number of hydrogen-bond acceptors (Lipinski definition) is 1. The van der Waals surface area contributed by atoms with Crippen molar-refractivity contribution in [1.82, 2.24) is 0 Å². The van der Waals surface area contributed by atoms with Gasteiger partial charge in [-0.3, -0.25) is 4.79 Å². The molecule has 0 aliphatic rings. The Labute approximate surface area is 113 Å². The van der Waals surface area contributed by atoms with Crippen molar-refractivity contribution in [2.24, 2.45) is 0 Å². The third kappa shape index (κ3) is 3.68. The second-order valence-electron chi connectivity index (χ2n) is 4.83. The number of hydrogen-bond donors (Lipinski definition) is 1. The molecule has 0 fully saturated rings. The first-order valence-electron chi connectivity index (χ1n) is 6.50. The monoisotopic (exact) mass is 254 g/mol. The molecule has 0 bridgehead atoms. The van der Waals surface area contributed by atoms with E-state index in [0.29, 0.717) is 6.42 Å². The number of aryl methyl sites for hydroxylation is 2. The third-order valence-electron chi connectivity index (χ3n) is 3.34. The lowest BCUT2D eigenvalue weighted by Gasteiger charge is -2.12. The van der Waals surface area contributed by atoms with Gasteiger partial charge in [0.2, 0.25) is 0 Å². The fourth-order valence-electron chi connectivity index (χ4n) is 2.18. The van der Waals surface area contributed by atoms with E-state index in [4.69, 9.17) is 0 Å². The first kappa shape index (κ1) is 13.3. The molecule has 0 saturated carbocycles. The standard InChI is InChI=1S/C17H18O2/c1-13-7-9-14(10-8-13)11-12-16(17(18)19)15-5-3-2-4-6-15/h2-10,16H,11-12H2,1H3,(H,18,19). The molecule has 1 N–H and O–H groups in total. The molecule has 1 atom stereocenters. The van der Waals surface area contributed by atoms with Crippen molar-refractivity contribution in [3.8, 4) is 0 Å². The summed E-state index contributed by atoms with van der Waals surface area (Å²) in [5, 5.41) is 9.35. The van der Waals surface area contributed by atoms with Gasteiger partial charge in [-0.25, -0.2) is 0 Å². The fraction of sp³-hybridized carbons (Fsp3) is 0.235. The molecule has 19 heavy (non-hydrogen) atoms. The highest BCUT2D eigenvalue weighted by Crippen LogP contribution is 2.22. The summed E-state index contributed by atoms with van der Waals surface area (Å²) in [5.74, 6) is -1.18. The van der Waals surface area contributed by atoms with Crippen LogP contribution in [0.4, 0.5) is 0 Å². The summed E-state index contributed by atoms with van der Waals surface area (Å²) in [6.07, 6.45) is 1.41. The van der Waals surface area contributed by atoms with Gasteiger partial charge in [0.05, 0.1) is 5.92 Å². The minimum Gasteiger partial charge on any atom is -0.481 e. The summed E-state index contributed by atoms with van der Waals surface area (Å²) in [6, 6.07) is 17.7. The Hall–Kier alpha value is -2.09. The van der Waals surface area contributed by atoms with Crippen LogP contribution in [0.5, 0.6) is 0 Å². The van der Waals surface area contributed by atoms with Crippen LogP contribution in [0.25, 0.3) is 0 Å². The van der Waals surface area contributed by atoms with E-state index in [0.717, 1.165) is 12.0 Å². The van der Waals surface area contributed by atoms with E-state index < -0.39 is 11.9 Å². The van der Waals surface area contributed by atoms with Crippen molar-refractivity contribution in [1.29, 1.82) is 0 Å². The van der Waals surface area contributed by atoms with Gasteiger partial charge < -0.3 is 5.11 Å². The van der Waals surface area contributed by atoms with Crippen LogP contribution in [-0.2, 0) is 11.2 Å². The first-order valence-corrected chi connectivity index (χ1v) is 6.50. The topological polar surface area (TPSA) is 37.3 Å². The number of rotatable bonds is 5. The van der Waals surface area contributed by atoms with Gasteiger partial charge in [0.15, 0.2) is 0 Å². The lowest BCUT2D eigenvalue weighted by molar-refractivity contribution is -0.138. The lowest BCUT2D eigenvalue weighted by Crippen LogP contribution is -2.12. The van der Waals surface area contributed by atoms with Crippen molar-refractivity contribution in [3.63, 3.8) is 0 Å². The van der Waals surface area contributed by atoms with Crippen LogP contribution in [-0.4, -0.2) is 11.1 Å². The van der Waals surface area contributed by atoms with E-state index in [1.54, 1.807) is 0 Å². The Morgan fingerprint density at radius 1 is 1.05 bits per heavy atom. The number of aliphatic carboxylic acids is 1. The molecule has 1 unspecified atom stereocenters. The van der Waals surface area contributed by atoms with Crippen LogP contribution < -0.4 is 0 Å². The predicted octanol–water partition coefficient (Wildman–Crippen LogP) is 3.80. The minimum atomic E-state index is -0.752. The summed E-state index contributed by atoms with van der Waals surface area (Å²) in [5.41, 5.74) is 3.29.